The topological polar surface area (TPSA) is 85.6 Å². The molecule has 7 nitrogen and oxygen atoms in total. The van der Waals surface area contributed by atoms with Gasteiger partial charge in [-0.1, -0.05) is 59.1 Å². The predicted molar refractivity (Wildman–Crippen MR) is 152 cm³/mol. The van der Waals surface area contributed by atoms with Gasteiger partial charge in [-0.15, -0.1) is 0 Å². The molecule has 0 aliphatic heterocycles. The summed E-state index contributed by atoms with van der Waals surface area (Å²) in [5, 5.41) is 8.08. The molecule has 190 valence electrons. The minimum Gasteiger partial charge on any atom is -0.482 e. The first-order chi connectivity index (χ1) is 17.9. The molecular formula is C28H26BrClN4O3. The van der Waals surface area contributed by atoms with Crippen molar-refractivity contribution in [3.05, 3.63) is 97.5 Å². The fraction of sp³-hybridized carbons (Fsp3) is 0.214. The van der Waals surface area contributed by atoms with Crippen LogP contribution in [0.15, 0.2) is 75.0 Å². The van der Waals surface area contributed by atoms with Crippen molar-refractivity contribution in [2.24, 2.45) is 5.10 Å². The van der Waals surface area contributed by atoms with Crippen LogP contribution in [0.25, 0.3) is 10.9 Å². The molecule has 1 heterocycles. The van der Waals surface area contributed by atoms with Crippen LogP contribution in [-0.2, 0) is 11.2 Å². The van der Waals surface area contributed by atoms with Crippen LogP contribution in [0.5, 0.6) is 5.75 Å². The number of ether oxygens (including phenoxy) is 1. The Bertz CT molecular complexity index is 1530. The highest BCUT2D eigenvalue weighted by Gasteiger charge is 2.12. The highest BCUT2D eigenvalue weighted by molar-refractivity contribution is 9.10. The van der Waals surface area contributed by atoms with E-state index < -0.39 is 0 Å². The van der Waals surface area contributed by atoms with Gasteiger partial charge in [-0.05, 0) is 66.9 Å². The molecule has 0 bridgehead atoms. The lowest BCUT2D eigenvalue weighted by atomic mass is 10.2. The minimum atomic E-state index is -0.287. The Morgan fingerprint density at radius 3 is 2.76 bits per heavy atom. The summed E-state index contributed by atoms with van der Waals surface area (Å²) in [6, 6.07) is 18.0. The number of hydrogen-bond acceptors (Lipinski definition) is 5. The largest absolute Gasteiger partial charge is 0.482 e. The zero-order valence-electron chi connectivity index (χ0n) is 20.5. The molecule has 1 amide bonds. The van der Waals surface area contributed by atoms with Crippen LogP contribution in [0.2, 0.25) is 5.02 Å². The van der Waals surface area contributed by atoms with Crippen LogP contribution in [0.3, 0.4) is 0 Å². The predicted octanol–water partition coefficient (Wildman–Crippen LogP) is 6.36. The van der Waals surface area contributed by atoms with Gasteiger partial charge in [0.25, 0.3) is 11.5 Å². The summed E-state index contributed by atoms with van der Waals surface area (Å²) in [5.41, 5.74) is 2.77. The second-order valence-electron chi connectivity index (χ2n) is 8.50. The summed E-state index contributed by atoms with van der Waals surface area (Å²) < 4.78 is 7.76. The van der Waals surface area contributed by atoms with E-state index in [0.717, 1.165) is 28.6 Å². The molecule has 0 atom stereocenters. The monoisotopic (exact) mass is 580 g/mol. The first-order valence-corrected chi connectivity index (χ1v) is 13.1. The molecule has 0 radical (unpaired) electrons. The summed E-state index contributed by atoms with van der Waals surface area (Å²) in [6.07, 6.45) is 4.05. The van der Waals surface area contributed by atoms with Gasteiger partial charge < -0.3 is 10.1 Å². The van der Waals surface area contributed by atoms with Crippen molar-refractivity contribution in [3.63, 3.8) is 0 Å². The van der Waals surface area contributed by atoms with Gasteiger partial charge in [0.2, 0.25) is 0 Å². The molecule has 1 aromatic heterocycles. The maximum absolute atomic E-state index is 13.2. The van der Waals surface area contributed by atoms with Crippen molar-refractivity contribution in [2.45, 2.75) is 33.1 Å². The van der Waals surface area contributed by atoms with E-state index in [1.807, 2.05) is 43.3 Å². The Kier molecular flexibility index (Phi) is 8.74. The van der Waals surface area contributed by atoms with Gasteiger partial charge in [-0.25, -0.2) is 4.98 Å². The van der Waals surface area contributed by atoms with E-state index in [1.54, 1.807) is 30.5 Å². The van der Waals surface area contributed by atoms with Gasteiger partial charge in [0.1, 0.15) is 11.6 Å². The lowest BCUT2D eigenvalue weighted by Gasteiger charge is -2.11. The Hall–Kier alpha value is -3.49. The number of fused-ring (bicyclic) bond motifs is 1. The summed E-state index contributed by atoms with van der Waals surface area (Å²) in [5.74, 6) is 0.686. The average Bonchev–Trinajstić information content (AvgIpc) is 2.88. The molecule has 0 spiro atoms. The van der Waals surface area contributed by atoms with E-state index in [9.17, 15) is 9.59 Å². The molecule has 0 fully saturated rings. The first kappa shape index (κ1) is 26.6. The number of aromatic nitrogens is 2. The maximum atomic E-state index is 13.2. The fourth-order valence-corrected chi connectivity index (χ4v) is 4.30. The van der Waals surface area contributed by atoms with Crippen LogP contribution in [-0.4, -0.2) is 28.4 Å². The Labute approximate surface area is 228 Å². The third-order valence-corrected chi connectivity index (χ3v) is 6.47. The highest BCUT2D eigenvalue weighted by Crippen LogP contribution is 2.25. The average molecular weight is 582 g/mol. The second-order valence-corrected chi connectivity index (χ2v) is 9.82. The van der Waals surface area contributed by atoms with Crippen LogP contribution < -0.4 is 15.6 Å². The number of amides is 1. The highest BCUT2D eigenvalue weighted by atomic mass is 79.9. The molecule has 0 saturated heterocycles. The number of aryl methyl sites for hydroxylation is 2. The maximum Gasteiger partial charge on any atom is 0.282 e. The normalized spacial score (nSPS) is 11.2. The number of nitrogens with one attached hydrogen (secondary N) is 1. The molecule has 0 aliphatic rings. The van der Waals surface area contributed by atoms with Gasteiger partial charge in [0, 0.05) is 16.6 Å². The third kappa shape index (κ3) is 6.64. The Morgan fingerprint density at radius 2 is 2.00 bits per heavy atom. The molecule has 4 aromatic rings. The number of halogens is 2. The molecule has 4 rings (SSSR count). The molecule has 3 aromatic carbocycles. The molecule has 0 aliphatic carbocycles. The lowest BCUT2D eigenvalue weighted by Crippen LogP contribution is -2.22. The van der Waals surface area contributed by atoms with Gasteiger partial charge in [-0.2, -0.15) is 9.78 Å². The zero-order chi connectivity index (χ0) is 26.4. The number of carbonyl (C=O) groups excluding carboxylic acids is 1. The number of nitrogens with zero attached hydrogens (tertiary/aromatic N) is 3. The van der Waals surface area contributed by atoms with Gasteiger partial charge in [-0.3, -0.25) is 9.59 Å². The zero-order valence-corrected chi connectivity index (χ0v) is 22.8. The van der Waals surface area contributed by atoms with Gasteiger partial charge in [0.15, 0.2) is 6.61 Å². The van der Waals surface area contributed by atoms with Crippen molar-refractivity contribution < 1.29 is 9.53 Å². The van der Waals surface area contributed by atoms with Gasteiger partial charge >= 0.3 is 0 Å². The summed E-state index contributed by atoms with van der Waals surface area (Å²) in [6.45, 7) is 3.82. The van der Waals surface area contributed by atoms with Crippen LogP contribution >= 0.6 is 27.5 Å². The molecule has 0 unspecified atom stereocenters. The van der Waals surface area contributed by atoms with Crippen LogP contribution in [0.4, 0.5) is 5.69 Å². The van der Waals surface area contributed by atoms with E-state index in [4.69, 9.17) is 16.3 Å². The number of carbonyl (C=O) groups is 1. The van der Waals surface area contributed by atoms with E-state index >= 15 is 0 Å². The number of para-hydroxylation sites is 1. The van der Waals surface area contributed by atoms with E-state index in [2.05, 4.69) is 38.3 Å². The molecule has 9 heteroatoms. The van der Waals surface area contributed by atoms with E-state index in [0.29, 0.717) is 39.5 Å². The first-order valence-electron chi connectivity index (χ1n) is 11.9. The molecule has 0 saturated carbocycles. The Morgan fingerprint density at radius 1 is 1.19 bits per heavy atom. The summed E-state index contributed by atoms with van der Waals surface area (Å²) in [4.78, 5) is 30.2. The fourth-order valence-electron chi connectivity index (χ4n) is 3.69. The SMILES string of the molecule is CCCCc1nc2ccc(Br)cc2c(=O)n1N=Cc1ccc(OCC(=O)Nc2ccccc2C)c(Cl)c1. The minimum absolute atomic E-state index is 0.185. The van der Waals surface area contributed by atoms with E-state index in [-0.39, 0.29) is 18.1 Å². The van der Waals surface area contributed by atoms with Crippen molar-refractivity contribution in [2.75, 3.05) is 11.9 Å². The van der Waals surface area contributed by atoms with Crippen molar-refractivity contribution in [1.82, 2.24) is 9.66 Å². The number of hydrogen-bond donors (Lipinski definition) is 1. The molecule has 37 heavy (non-hydrogen) atoms. The van der Waals surface area contributed by atoms with E-state index in [1.165, 1.54) is 4.68 Å². The third-order valence-electron chi connectivity index (χ3n) is 5.69. The quantitative estimate of drug-likeness (QED) is 0.233. The van der Waals surface area contributed by atoms with Crippen molar-refractivity contribution in [1.29, 1.82) is 0 Å². The Balaban J connectivity index is 1.51. The summed E-state index contributed by atoms with van der Waals surface area (Å²) in [7, 11) is 0. The number of benzene rings is 3. The standard InChI is InChI=1S/C28H26BrClN4O3/c1-3-4-9-26-32-24-12-11-20(29)15-21(24)28(36)34(26)31-16-19-10-13-25(22(30)14-19)37-17-27(35)33-23-8-6-5-7-18(23)2/h5-8,10-16H,3-4,9,17H2,1-2H3,(H,33,35). The number of anilines is 1. The van der Waals surface area contributed by atoms with Crippen molar-refractivity contribution in [3.8, 4) is 5.75 Å². The van der Waals surface area contributed by atoms with Crippen LogP contribution in [0.1, 0.15) is 36.7 Å². The second kappa shape index (κ2) is 12.2. The van der Waals surface area contributed by atoms with Crippen molar-refractivity contribution >= 4 is 56.2 Å². The van der Waals surface area contributed by atoms with Gasteiger partial charge in [0.05, 0.1) is 22.1 Å². The number of unbranched alkanes of at least 4 members (excludes halogenated alkanes) is 1. The summed E-state index contributed by atoms with van der Waals surface area (Å²) >= 11 is 9.82. The lowest BCUT2D eigenvalue weighted by molar-refractivity contribution is -0.118. The van der Waals surface area contributed by atoms with Crippen LogP contribution in [0, 0.1) is 6.92 Å². The smallest absolute Gasteiger partial charge is 0.282 e. The molecule has 1 N–H and O–H groups in total. The molecular weight excluding hydrogens is 556 g/mol. The number of rotatable bonds is 9.